The molecule has 2 aromatic rings. The zero-order valence-electron chi connectivity index (χ0n) is 12.7. The Kier molecular flexibility index (Phi) is 4.56. The van der Waals surface area contributed by atoms with E-state index in [0.717, 1.165) is 0 Å². The van der Waals surface area contributed by atoms with E-state index in [1.165, 1.54) is 29.8 Å². The zero-order chi connectivity index (χ0) is 17.2. The molecule has 0 bridgehead atoms. The average Bonchev–Trinajstić information content (AvgIpc) is 2.49. The highest BCUT2D eigenvalue weighted by atomic mass is 35.5. The number of pyridine rings is 1. The fourth-order valence-corrected chi connectivity index (χ4v) is 2.25. The van der Waals surface area contributed by atoms with E-state index < -0.39 is 17.4 Å². The highest BCUT2D eigenvalue weighted by Crippen LogP contribution is 2.24. The standard InChI is InChI=1S/C16H16ClN3O3/c1-16(15(18)23,11-4-3-5-12(17)9-11)19-14(22)10-6-7-20(2)13(21)8-10/h3-9H,1-2H3,(H2,18,23)(H,19,22)/t16-/m1/s1. The van der Waals surface area contributed by atoms with Crippen LogP contribution in [0.2, 0.25) is 5.02 Å². The number of aryl methyl sites for hydroxylation is 1. The first kappa shape index (κ1) is 16.8. The Morgan fingerprint density at radius 2 is 1.96 bits per heavy atom. The maximum absolute atomic E-state index is 12.4. The molecule has 0 radical (unpaired) electrons. The maximum Gasteiger partial charge on any atom is 0.252 e. The van der Waals surface area contributed by atoms with Crippen molar-refractivity contribution in [2.24, 2.45) is 12.8 Å². The third-order valence-electron chi connectivity index (χ3n) is 3.62. The predicted molar refractivity (Wildman–Crippen MR) is 87.1 cm³/mol. The summed E-state index contributed by atoms with van der Waals surface area (Å²) in [4.78, 5) is 35.9. The Labute approximate surface area is 137 Å². The van der Waals surface area contributed by atoms with Crippen molar-refractivity contribution >= 4 is 23.4 Å². The van der Waals surface area contributed by atoms with Crippen LogP contribution in [0.4, 0.5) is 0 Å². The SMILES string of the molecule is Cn1ccc(C(=O)N[C@@](C)(C(N)=O)c2cccc(Cl)c2)cc1=O. The number of hydrogen-bond acceptors (Lipinski definition) is 3. The number of halogens is 1. The first-order valence-electron chi connectivity index (χ1n) is 6.79. The number of aromatic nitrogens is 1. The molecule has 2 amide bonds. The minimum absolute atomic E-state index is 0.141. The molecule has 2 rings (SSSR count). The molecule has 1 aromatic heterocycles. The van der Waals surface area contributed by atoms with Crippen molar-refractivity contribution in [3.63, 3.8) is 0 Å². The second-order valence-electron chi connectivity index (χ2n) is 5.32. The van der Waals surface area contributed by atoms with Gasteiger partial charge in [0.25, 0.3) is 11.5 Å². The Morgan fingerprint density at radius 3 is 2.52 bits per heavy atom. The van der Waals surface area contributed by atoms with E-state index in [4.69, 9.17) is 17.3 Å². The largest absolute Gasteiger partial charge is 0.367 e. The molecule has 1 atom stereocenters. The van der Waals surface area contributed by atoms with Gasteiger partial charge in [0, 0.05) is 29.9 Å². The van der Waals surface area contributed by atoms with E-state index in [2.05, 4.69) is 5.32 Å². The molecule has 1 heterocycles. The molecule has 0 aliphatic rings. The summed E-state index contributed by atoms with van der Waals surface area (Å²) in [5, 5.41) is 2.99. The molecule has 0 aliphatic heterocycles. The Morgan fingerprint density at radius 1 is 1.26 bits per heavy atom. The van der Waals surface area contributed by atoms with Crippen molar-refractivity contribution in [2.45, 2.75) is 12.5 Å². The molecule has 1 aromatic carbocycles. The molecule has 0 fully saturated rings. The van der Waals surface area contributed by atoms with Crippen LogP contribution >= 0.6 is 11.6 Å². The normalized spacial score (nSPS) is 13.2. The number of nitrogens with two attached hydrogens (primary N) is 1. The van der Waals surface area contributed by atoms with Gasteiger partial charge in [0.15, 0.2) is 0 Å². The maximum atomic E-state index is 12.4. The number of benzene rings is 1. The van der Waals surface area contributed by atoms with E-state index in [9.17, 15) is 14.4 Å². The van der Waals surface area contributed by atoms with Gasteiger partial charge in [0.1, 0.15) is 5.54 Å². The molecule has 0 saturated heterocycles. The van der Waals surface area contributed by atoms with Crippen LogP contribution in [0.3, 0.4) is 0 Å². The lowest BCUT2D eigenvalue weighted by Crippen LogP contribution is -2.52. The molecular weight excluding hydrogens is 318 g/mol. The van der Waals surface area contributed by atoms with Crippen molar-refractivity contribution in [3.8, 4) is 0 Å². The predicted octanol–water partition coefficient (Wildman–Crippen LogP) is 1.17. The second kappa shape index (κ2) is 6.26. The van der Waals surface area contributed by atoms with Gasteiger partial charge in [-0.1, -0.05) is 23.7 Å². The van der Waals surface area contributed by atoms with Crippen LogP contribution in [0.25, 0.3) is 0 Å². The lowest BCUT2D eigenvalue weighted by atomic mass is 9.91. The molecule has 7 heteroatoms. The molecule has 3 N–H and O–H groups in total. The van der Waals surface area contributed by atoms with Gasteiger partial charge in [-0.2, -0.15) is 0 Å². The molecule has 120 valence electrons. The number of hydrogen-bond donors (Lipinski definition) is 2. The summed E-state index contributed by atoms with van der Waals surface area (Å²) >= 11 is 5.94. The number of primary amides is 1. The monoisotopic (exact) mass is 333 g/mol. The van der Waals surface area contributed by atoms with Gasteiger partial charge in [0.05, 0.1) is 0 Å². The fourth-order valence-electron chi connectivity index (χ4n) is 2.06. The summed E-state index contributed by atoms with van der Waals surface area (Å²) in [6.07, 6.45) is 1.47. The van der Waals surface area contributed by atoms with E-state index >= 15 is 0 Å². The van der Waals surface area contributed by atoms with Crippen LogP contribution in [-0.4, -0.2) is 16.4 Å². The van der Waals surface area contributed by atoms with E-state index in [1.807, 2.05) is 0 Å². The average molecular weight is 334 g/mol. The molecule has 6 nitrogen and oxygen atoms in total. The van der Waals surface area contributed by atoms with E-state index in [-0.39, 0.29) is 11.1 Å². The van der Waals surface area contributed by atoms with Crippen LogP contribution in [0.5, 0.6) is 0 Å². The molecule has 0 unspecified atom stereocenters. The van der Waals surface area contributed by atoms with E-state index in [0.29, 0.717) is 10.6 Å². The summed E-state index contributed by atoms with van der Waals surface area (Å²) in [5.74, 6) is -1.32. The van der Waals surface area contributed by atoms with E-state index in [1.54, 1.807) is 31.3 Å². The smallest absolute Gasteiger partial charge is 0.252 e. The van der Waals surface area contributed by atoms with Crippen LogP contribution in [0.1, 0.15) is 22.8 Å². The van der Waals surface area contributed by atoms with Crippen molar-refractivity contribution in [3.05, 3.63) is 69.1 Å². The highest BCUT2D eigenvalue weighted by molar-refractivity contribution is 6.30. The lowest BCUT2D eigenvalue weighted by molar-refractivity contribution is -0.123. The Bertz CT molecular complexity index is 831. The molecule has 0 spiro atoms. The number of nitrogens with zero attached hydrogens (tertiary/aromatic N) is 1. The summed E-state index contributed by atoms with van der Waals surface area (Å²) in [7, 11) is 1.57. The number of carbonyl (C=O) groups excluding carboxylic acids is 2. The van der Waals surface area contributed by atoms with Gasteiger partial charge >= 0.3 is 0 Å². The van der Waals surface area contributed by atoms with Gasteiger partial charge in [-0.15, -0.1) is 0 Å². The summed E-state index contributed by atoms with van der Waals surface area (Å²) in [6, 6.07) is 9.17. The minimum atomic E-state index is -1.46. The Balaban J connectivity index is 2.39. The van der Waals surface area contributed by atoms with Gasteiger partial charge in [0.2, 0.25) is 5.91 Å². The first-order valence-corrected chi connectivity index (χ1v) is 7.17. The molecule has 0 saturated carbocycles. The third kappa shape index (κ3) is 3.43. The molecule has 0 aliphatic carbocycles. The van der Waals surface area contributed by atoms with Gasteiger partial charge in [-0.05, 0) is 30.7 Å². The molecular formula is C16H16ClN3O3. The number of nitrogens with one attached hydrogen (secondary N) is 1. The number of amides is 2. The van der Waals surface area contributed by atoms with Crippen LogP contribution in [0.15, 0.2) is 47.4 Å². The summed E-state index contributed by atoms with van der Waals surface area (Å²) < 4.78 is 1.33. The van der Waals surface area contributed by atoms with Crippen LogP contribution in [0, 0.1) is 0 Å². The van der Waals surface area contributed by atoms with Gasteiger partial charge in [-0.3, -0.25) is 14.4 Å². The quantitative estimate of drug-likeness (QED) is 0.879. The van der Waals surface area contributed by atoms with Crippen molar-refractivity contribution in [2.75, 3.05) is 0 Å². The summed E-state index contributed by atoms with van der Waals surface area (Å²) in [6.45, 7) is 1.49. The topological polar surface area (TPSA) is 94.2 Å². The highest BCUT2D eigenvalue weighted by Gasteiger charge is 2.35. The van der Waals surface area contributed by atoms with Crippen molar-refractivity contribution < 1.29 is 9.59 Å². The van der Waals surface area contributed by atoms with Crippen LogP contribution < -0.4 is 16.6 Å². The summed E-state index contributed by atoms with van der Waals surface area (Å²) in [5.41, 5.74) is 4.28. The van der Waals surface area contributed by atoms with Crippen molar-refractivity contribution in [1.29, 1.82) is 0 Å². The lowest BCUT2D eigenvalue weighted by Gasteiger charge is -2.28. The third-order valence-corrected chi connectivity index (χ3v) is 3.86. The van der Waals surface area contributed by atoms with Gasteiger partial charge < -0.3 is 15.6 Å². The first-order chi connectivity index (χ1) is 10.7. The molecule has 23 heavy (non-hydrogen) atoms. The van der Waals surface area contributed by atoms with Crippen molar-refractivity contribution in [1.82, 2.24) is 9.88 Å². The number of carbonyl (C=O) groups is 2. The second-order valence-corrected chi connectivity index (χ2v) is 5.75. The Hall–Kier alpha value is -2.60. The zero-order valence-corrected chi connectivity index (χ0v) is 13.4. The van der Waals surface area contributed by atoms with Crippen LogP contribution in [-0.2, 0) is 17.4 Å². The number of rotatable bonds is 4. The fraction of sp³-hybridized carbons (Fsp3) is 0.188. The minimum Gasteiger partial charge on any atom is -0.367 e. The van der Waals surface area contributed by atoms with Gasteiger partial charge in [-0.25, -0.2) is 0 Å².